The zero-order chi connectivity index (χ0) is 27.8. The first-order valence-electron chi connectivity index (χ1n) is 12.5. The summed E-state index contributed by atoms with van der Waals surface area (Å²) in [5.41, 5.74) is -2.25. The van der Waals surface area contributed by atoms with Gasteiger partial charge in [0.15, 0.2) is 5.13 Å². The van der Waals surface area contributed by atoms with E-state index in [1.807, 2.05) is 0 Å². The summed E-state index contributed by atoms with van der Waals surface area (Å²) >= 11 is 2.53. The largest absolute Gasteiger partial charge is 0.413 e. The highest BCUT2D eigenvalue weighted by molar-refractivity contribution is 8.04. The molecule has 12 heteroatoms. The number of nitrogens with zero attached hydrogens (tertiary/aromatic N) is 3. The standard InChI is InChI=1S/C26H31F3N4O3S2/c1-5-20(34)33-10-6-9-32(14-16(33)3)23(36)25(4)12-18(15(2)11-19(25)26(27,28)29)37-21-13-30-24(38-21)31-22(35)17-7-8-17/h5,11,13,16-17H,1,6-10,12,14H2,2-4H3,(H,30,31,35)/t16-,25?/m1/s1. The molecule has 0 aromatic carbocycles. The highest BCUT2D eigenvalue weighted by Gasteiger charge is 2.53. The maximum Gasteiger partial charge on any atom is 0.413 e. The Hall–Kier alpha value is -2.60. The fourth-order valence-electron chi connectivity index (χ4n) is 4.89. The van der Waals surface area contributed by atoms with E-state index >= 15 is 0 Å². The quantitative estimate of drug-likeness (QED) is 0.466. The van der Waals surface area contributed by atoms with Gasteiger partial charge in [-0.1, -0.05) is 29.7 Å². The van der Waals surface area contributed by atoms with E-state index in [0.717, 1.165) is 18.9 Å². The molecule has 2 fully saturated rings. The van der Waals surface area contributed by atoms with Crippen molar-refractivity contribution in [1.29, 1.82) is 0 Å². The molecule has 206 valence electrons. The lowest BCUT2D eigenvalue weighted by atomic mass is 9.73. The average molecular weight is 569 g/mol. The first kappa shape index (κ1) is 28.4. The van der Waals surface area contributed by atoms with Gasteiger partial charge in [0.1, 0.15) is 0 Å². The number of carbonyl (C=O) groups is 3. The lowest BCUT2D eigenvalue weighted by molar-refractivity contribution is -0.148. The Bertz CT molecular complexity index is 1200. The summed E-state index contributed by atoms with van der Waals surface area (Å²) in [5, 5.41) is 3.23. The third kappa shape index (κ3) is 6.01. The molecule has 1 aliphatic heterocycles. The number of allylic oxidation sites excluding steroid dienone is 3. The molecule has 1 saturated heterocycles. The number of thiazole rings is 1. The molecule has 38 heavy (non-hydrogen) atoms. The molecule has 2 heterocycles. The monoisotopic (exact) mass is 568 g/mol. The third-order valence-corrected chi connectivity index (χ3v) is 9.39. The van der Waals surface area contributed by atoms with Crippen molar-refractivity contribution < 1.29 is 27.6 Å². The van der Waals surface area contributed by atoms with Crippen molar-refractivity contribution in [3.05, 3.63) is 41.0 Å². The van der Waals surface area contributed by atoms with Crippen molar-refractivity contribution in [1.82, 2.24) is 14.8 Å². The molecule has 0 bridgehead atoms. The van der Waals surface area contributed by atoms with Crippen LogP contribution in [-0.4, -0.2) is 64.4 Å². The fourth-order valence-corrected chi connectivity index (χ4v) is 7.08. The smallest absolute Gasteiger partial charge is 0.340 e. The summed E-state index contributed by atoms with van der Waals surface area (Å²) in [6.07, 6.45) is 1.26. The van der Waals surface area contributed by atoms with Crippen molar-refractivity contribution in [2.75, 3.05) is 25.0 Å². The van der Waals surface area contributed by atoms with E-state index in [1.54, 1.807) is 24.9 Å². The molecule has 3 amide bonds. The molecule has 1 saturated carbocycles. The van der Waals surface area contributed by atoms with E-state index in [0.29, 0.717) is 32.8 Å². The molecule has 0 radical (unpaired) electrons. The van der Waals surface area contributed by atoms with Crippen molar-refractivity contribution in [2.24, 2.45) is 11.3 Å². The minimum Gasteiger partial charge on any atom is -0.340 e. The summed E-state index contributed by atoms with van der Waals surface area (Å²) in [6.45, 7) is 9.07. The van der Waals surface area contributed by atoms with Crippen LogP contribution in [0.5, 0.6) is 0 Å². The lowest BCUT2D eigenvalue weighted by Gasteiger charge is -2.40. The van der Waals surface area contributed by atoms with Gasteiger partial charge in [0.25, 0.3) is 0 Å². The molecular weight excluding hydrogens is 537 g/mol. The van der Waals surface area contributed by atoms with E-state index in [4.69, 9.17) is 0 Å². The maximum absolute atomic E-state index is 14.3. The summed E-state index contributed by atoms with van der Waals surface area (Å²) in [5.74, 6) is -0.909. The molecular formula is C26H31F3N4O3S2. The van der Waals surface area contributed by atoms with Crippen molar-refractivity contribution in [3.8, 4) is 0 Å². The molecule has 1 aromatic heterocycles. The Balaban J connectivity index is 1.57. The van der Waals surface area contributed by atoms with E-state index in [-0.39, 0.29) is 43.3 Å². The normalized spacial score (nSPS) is 24.6. The van der Waals surface area contributed by atoms with E-state index in [2.05, 4.69) is 16.9 Å². The number of amides is 3. The number of carbonyl (C=O) groups excluding carboxylic acids is 3. The maximum atomic E-state index is 14.3. The predicted octanol–water partition coefficient (Wildman–Crippen LogP) is 5.39. The van der Waals surface area contributed by atoms with Crippen LogP contribution in [0.15, 0.2) is 45.2 Å². The van der Waals surface area contributed by atoms with Gasteiger partial charge in [-0.25, -0.2) is 4.98 Å². The number of halogens is 3. The molecule has 1 aromatic rings. The summed E-state index contributed by atoms with van der Waals surface area (Å²) in [6, 6.07) is -0.356. The lowest BCUT2D eigenvalue weighted by Crippen LogP contribution is -2.50. The van der Waals surface area contributed by atoms with Crippen LogP contribution in [0, 0.1) is 11.3 Å². The number of thioether (sulfide) groups is 1. The Morgan fingerprint density at radius 1 is 1.29 bits per heavy atom. The zero-order valence-corrected chi connectivity index (χ0v) is 23.2. The van der Waals surface area contributed by atoms with Gasteiger partial charge in [-0.15, -0.1) is 0 Å². The fraction of sp³-hybridized carbons (Fsp3) is 0.538. The van der Waals surface area contributed by atoms with Gasteiger partial charge in [-0.2, -0.15) is 13.2 Å². The Morgan fingerprint density at radius 2 is 2.00 bits per heavy atom. The van der Waals surface area contributed by atoms with Gasteiger partial charge in [0.05, 0.1) is 15.8 Å². The summed E-state index contributed by atoms with van der Waals surface area (Å²) < 4.78 is 43.5. The number of alkyl halides is 3. The summed E-state index contributed by atoms with van der Waals surface area (Å²) in [7, 11) is 0. The Morgan fingerprint density at radius 3 is 2.63 bits per heavy atom. The minimum atomic E-state index is -4.69. The Kier molecular flexibility index (Phi) is 8.13. The number of anilines is 1. The average Bonchev–Trinajstić information content (AvgIpc) is 3.64. The molecule has 3 aliphatic rings. The summed E-state index contributed by atoms with van der Waals surface area (Å²) in [4.78, 5) is 46.0. The first-order chi connectivity index (χ1) is 17.8. The third-order valence-electron chi connectivity index (χ3n) is 7.16. The highest BCUT2D eigenvalue weighted by Crippen LogP contribution is 2.52. The number of hydrogen-bond acceptors (Lipinski definition) is 6. The minimum absolute atomic E-state index is 0.0274. The van der Waals surface area contributed by atoms with Crippen LogP contribution in [0.1, 0.15) is 46.5 Å². The second-order valence-electron chi connectivity index (χ2n) is 10.2. The predicted molar refractivity (Wildman–Crippen MR) is 141 cm³/mol. The number of aromatic nitrogens is 1. The van der Waals surface area contributed by atoms with Crippen LogP contribution >= 0.6 is 23.1 Å². The number of rotatable bonds is 6. The van der Waals surface area contributed by atoms with Crippen LogP contribution in [0.3, 0.4) is 0 Å². The SMILES string of the molecule is C=CC(=O)N1CCCN(C(=O)C2(C)CC(Sc3cnc(NC(=O)C4CC4)s3)=C(C)C=C2C(F)(F)F)C[C@H]1C. The number of nitrogens with one attached hydrogen (secondary N) is 1. The van der Waals surface area contributed by atoms with Gasteiger partial charge >= 0.3 is 6.18 Å². The molecule has 2 aliphatic carbocycles. The van der Waals surface area contributed by atoms with Crippen LogP contribution in [0.25, 0.3) is 0 Å². The topological polar surface area (TPSA) is 82.6 Å². The van der Waals surface area contributed by atoms with Crippen LogP contribution in [0.4, 0.5) is 18.3 Å². The molecule has 1 N–H and O–H groups in total. The van der Waals surface area contributed by atoms with Gasteiger partial charge in [0.2, 0.25) is 17.7 Å². The van der Waals surface area contributed by atoms with E-state index < -0.39 is 23.1 Å². The molecule has 4 rings (SSSR count). The number of hydrogen-bond donors (Lipinski definition) is 1. The van der Waals surface area contributed by atoms with Gasteiger partial charge < -0.3 is 15.1 Å². The van der Waals surface area contributed by atoms with Crippen molar-refractivity contribution in [3.63, 3.8) is 0 Å². The molecule has 2 atom stereocenters. The van der Waals surface area contributed by atoms with Gasteiger partial charge in [-0.05, 0) is 69.1 Å². The Labute approximate surface area is 228 Å². The van der Waals surface area contributed by atoms with Crippen molar-refractivity contribution in [2.45, 2.75) is 62.9 Å². The van der Waals surface area contributed by atoms with Crippen LogP contribution in [0.2, 0.25) is 0 Å². The first-order valence-corrected chi connectivity index (χ1v) is 14.1. The van der Waals surface area contributed by atoms with Crippen molar-refractivity contribution >= 4 is 46.0 Å². The van der Waals surface area contributed by atoms with E-state index in [9.17, 15) is 27.6 Å². The molecule has 1 unspecified atom stereocenters. The van der Waals surface area contributed by atoms with E-state index in [1.165, 1.54) is 41.0 Å². The zero-order valence-electron chi connectivity index (χ0n) is 21.6. The van der Waals surface area contributed by atoms with Crippen LogP contribution < -0.4 is 5.32 Å². The highest BCUT2D eigenvalue weighted by atomic mass is 32.2. The second-order valence-corrected chi connectivity index (χ2v) is 12.6. The molecule has 0 spiro atoms. The molecule has 7 nitrogen and oxygen atoms in total. The second kappa shape index (κ2) is 10.9. The van der Waals surface area contributed by atoms with Gasteiger partial charge in [-0.3, -0.25) is 14.4 Å². The van der Waals surface area contributed by atoms with Crippen LogP contribution in [-0.2, 0) is 14.4 Å². The van der Waals surface area contributed by atoms with Gasteiger partial charge in [0, 0.05) is 37.2 Å².